The van der Waals surface area contributed by atoms with Crippen LogP contribution in [-0.2, 0) is 6.42 Å². The Balaban J connectivity index is 1.76. The molecule has 0 aromatic heterocycles. The van der Waals surface area contributed by atoms with Gasteiger partial charge in [0.15, 0.2) is 5.75 Å². The molecule has 0 saturated heterocycles. The van der Waals surface area contributed by atoms with Crippen LogP contribution in [0, 0.1) is 0 Å². The van der Waals surface area contributed by atoms with E-state index in [0.717, 1.165) is 29.8 Å². The van der Waals surface area contributed by atoms with Crippen molar-refractivity contribution in [2.75, 3.05) is 25.2 Å². The molecule has 0 aliphatic carbocycles. The number of anilines is 1. The number of likely N-dealkylation sites (N-methyl/N-ethyl adjacent to an activating group) is 1. The number of fused-ring (bicyclic) bond motifs is 1. The molecule has 1 atom stereocenters. The normalized spacial score (nSPS) is 16.0. The number of hydrogen-bond donors (Lipinski definition) is 0. The summed E-state index contributed by atoms with van der Waals surface area (Å²) in [5.74, 6) is 1.11. The van der Waals surface area contributed by atoms with Crippen LogP contribution in [0.1, 0.15) is 37.8 Å². The van der Waals surface area contributed by atoms with Crippen molar-refractivity contribution >= 4 is 11.8 Å². The zero-order chi connectivity index (χ0) is 18.7. The summed E-state index contributed by atoms with van der Waals surface area (Å²) >= 11 is 0. The predicted molar refractivity (Wildman–Crippen MR) is 104 cm³/mol. The second-order valence-electron chi connectivity index (χ2n) is 6.56. The molecule has 0 fully saturated rings. The summed E-state index contributed by atoms with van der Waals surface area (Å²) in [6, 6.07) is 6.00. The van der Waals surface area contributed by atoms with Gasteiger partial charge in [0.1, 0.15) is 5.75 Å². The predicted octanol–water partition coefficient (Wildman–Crippen LogP) is 2.93. The summed E-state index contributed by atoms with van der Waals surface area (Å²) in [6.45, 7) is 5.13. The van der Waals surface area contributed by atoms with E-state index in [9.17, 15) is 9.59 Å². The highest BCUT2D eigenvalue weighted by Crippen LogP contribution is 2.32. The third-order valence-corrected chi connectivity index (χ3v) is 4.80. The van der Waals surface area contributed by atoms with E-state index in [4.69, 9.17) is 9.47 Å². The van der Waals surface area contributed by atoms with E-state index in [1.165, 1.54) is 0 Å². The van der Waals surface area contributed by atoms with Gasteiger partial charge in [-0.25, -0.2) is 0 Å². The zero-order valence-corrected chi connectivity index (χ0v) is 15.6. The summed E-state index contributed by atoms with van der Waals surface area (Å²) in [4.78, 5) is 25.9. The third-order valence-electron chi connectivity index (χ3n) is 4.80. The van der Waals surface area contributed by atoms with Gasteiger partial charge in [-0.3, -0.25) is 9.59 Å². The molecule has 0 amide bonds. The van der Waals surface area contributed by atoms with Crippen LogP contribution in [0.2, 0.25) is 0 Å². The van der Waals surface area contributed by atoms with Gasteiger partial charge in [0.2, 0.25) is 5.43 Å². The number of nitrogens with zero attached hydrogens (tertiary/aromatic N) is 1. The van der Waals surface area contributed by atoms with Crippen molar-refractivity contribution in [3.8, 4) is 11.5 Å². The van der Waals surface area contributed by atoms with Gasteiger partial charge in [-0.2, -0.15) is 0 Å². The molecule has 1 heterocycles. The quantitative estimate of drug-likeness (QED) is 0.538. The Morgan fingerprint density at radius 3 is 2.65 bits per heavy atom. The van der Waals surface area contributed by atoms with Gasteiger partial charge in [-0.15, -0.1) is 0 Å². The Labute approximate surface area is 153 Å². The number of benzene rings is 1. The van der Waals surface area contributed by atoms with Crippen LogP contribution in [0.5, 0.6) is 11.5 Å². The second-order valence-corrected chi connectivity index (χ2v) is 6.56. The number of hydrogen-bond acceptors (Lipinski definition) is 5. The first kappa shape index (κ1) is 18.2. The van der Waals surface area contributed by atoms with Crippen molar-refractivity contribution in [3.63, 3.8) is 0 Å². The van der Waals surface area contributed by atoms with Gasteiger partial charge in [0, 0.05) is 24.7 Å². The standard InChI is InChI=1S/C21H25NO4/c1-4-6-11-26-21-17(19(23)20(21)24)13-15-8-7-14-12-16(25-5-2)9-10-18(14)22(15)3/h7-10,12,15H,4-6,11,13H2,1-3H3. The fourth-order valence-electron chi connectivity index (χ4n) is 3.25. The first-order valence-corrected chi connectivity index (χ1v) is 9.19. The molecule has 5 nitrogen and oxygen atoms in total. The maximum Gasteiger partial charge on any atom is 0.268 e. The van der Waals surface area contributed by atoms with Crippen molar-refractivity contribution in [1.29, 1.82) is 0 Å². The molecule has 26 heavy (non-hydrogen) atoms. The van der Waals surface area contributed by atoms with E-state index in [1.54, 1.807) is 0 Å². The van der Waals surface area contributed by atoms with Crippen molar-refractivity contribution in [2.24, 2.45) is 0 Å². The van der Waals surface area contributed by atoms with Gasteiger partial charge in [0.25, 0.3) is 5.43 Å². The lowest BCUT2D eigenvalue weighted by molar-refractivity contribution is 0.298. The van der Waals surface area contributed by atoms with Gasteiger partial charge in [0.05, 0.1) is 24.8 Å². The molecule has 1 aliphatic heterocycles. The first-order chi connectivity index (χ1) is 12.6. The van der Waals surface area contributed by atoms with Gasteiger partial charge in [-0.1, -0.05) is 25.5 Å². The van der Waals surface area contributed by atoms with E-state index in [1.807, 2.05) is 38.2 Å². The molecule has 0 saturated carbocycles. The van der Waals surface area contributed by atoms with Crippen molar-refractivity contribution in [3.05, 3.63) is 55.8 Å². The van der Waals surface area contributed by atoms with E-state index in [0.29, 0.717) is 25.2 Å². The fraction of sp³-hybridized carbons (Fsp3) is 0.429. The molecule has 1 unspecified atom stereocenters. The van der Waals surface area contributed by atoms with Crippen molar-refractivity contribution < 1.29 is 9.47 Å². The maximum absolute atomic E-state index is 12.0. The van der Waals surface area contributed by atoms with Crippen LogP contribution in [0.25, 0.3) is 6.08 Å². The lowest BCUT2D eigenvalue weighted by Crippen LogP contribution is -2.42. The lowest BCUT2D eigenvalue weighted by atomic mass is 9.95. The van der Waals surface area contributed by atoms with Crippen molar-refractivity contribution in [1.82, 2.24) is 0 Å². The molecular weight excluding hydrogens is 330 g/mol. The minimum Gasteiger partial charge on any atom is -0.494 e. The van der Waals surface area contributed by atoms with E-state index < -0.39 is 10.9 Å². The molecule has 138 valence electrons. The largest absolute Gasteiger partial charge is 0.494 e. The molecule has 0 N–H and O–H groups in total. The van der Waals surface area contributed by atoms with Gasteiger partial charge < -0.3 is 14.4 Å². The Hall–Kier alpha value is -2.56. The summed E-state index contributed by atoms with van der Waals surface area (Å²) in [7, 11) is 2.00. The van der Waals surface area contributed by atoms with Crippen LogP contribution < -0.4 is 25.2 Å². The molecule has 0 radical (unpaired) electrons. The Morgan fingerprint density at radius 1 is 1.12 bits per heavy atom. The number of unbranched alkanes of at least 4 members (excludes halogenated alkanes) is 1. The molecule has 2 aromatic carbocycles. The monoisotopic (exact) mass is 355 g/mol. The molecule has 0 spiro atoms. The first-order valence-electron chi connectivity index (χ1n) is 9.19. The Bertz CT molecular complexity index is 877. The van der Waals surface area contributed by atoms with Crippen LogP contribution in [0.3, 0.4) is 0 Å². The minimum atomic E-state index is -0.486. The summed E-state index contributed by atoms with van der Waals surface area (Å²) in [6.07, 6.45) is 6.44. The van der Waals surface area contributed by atoms with Crippen LogP contribution >= 0.6 is 0 Å². The Kier molecular flexibility index (Phi) is 5.45. The summed E-state index contributed by atoms with van der Waals surface area (Å²) in [5.41, 5.74) is 1.78. The molecular formula is C21H25NO4. The molecule has 2 aromatic rings. The fourth-order valence-corrected chi connectivity index (χ4v) is 3.25. The van der Waals surface area contributed by atoms with Crippen LogP contribution in [-0.4, -0.2) is 26.3 Å². The number of rotatable bonds is 8. The highest BCUT2D eigenvalue weighted by Gasteiger charge is 2.28. The van der Waals surface area contributed by atoms with E-state index in [-0.39, 0.29) is 11.8 Å². The molecule has 5 heteroatoms. The van der Waals surface area contributed by atoms with E-state index in [2.05, 4.69) is 17.9 Å². The zero-order valence-electron chi connectivity index (χ0n) is 15.6. The molecule has 3 rings (SSSR count). The van der Waals surface area contributed by atoms with Gasteiger partial charge in [-0.05, 0) is 31.5 Å². The lowest BCUT2D eigenvalue weighted by Gasteiger charge is -2.33. The SMILES string of the molecule is CCCCOc1c(CC2C=Cc3cc(OCC)ccc3N2C)c(=O)c1=O. The van der Waals surface area contributed by atoms with Crippen LogP contribution in [0.4, 0.5) is 5.69 Å². The number of ether oxygens (including phenoxy) is 2. The Morgan fingerprint density at radius 2 is 1.92 bits per heavy atom. The minimum absolute atomic E-state index is 0.0114. The van der Waals surface area contributed by atoms with Crippen molar-refractivity contribution in [2.45, 2.75) is 39.2 Å². The van der Waals surface area contributed by atoms with Gasteiger partial charge >= 0.3 is 0 Å². The smallest absolute Gasteiger partial charge is 0.268 e. The third kappa shape index (κ3) is 3.39. The summed E-state index contributed by atoms with van der Waals surface area (Å²) in [5, 5.41) is 0. The average Bonchev–Trinajstić information content (AvgIpc) is 2.65. The van der Waals surface area contributed by atoms with Crippen LogP contribution in [0.15, 0.2) is 33.9 Å². The average molecular weight is 355 g/mol. The summed E-state index contributed by atoms with van der Waals surface area (Å²) < 4.78 is 11.1. The highest BCUT2D eigenvalue weighted by atomic mass is 16.5. The second kappa shape index (κ2) is 7.77. The topological polar surface area (TPSA) is 55.8 Å². The molecule has 0 bridgehead atoms. The van der Waals surface area contributed by atoms with E-state index >= 15 is 0 Å². The molecule has 1 aliphatic rings. The highest BCUT2D eigenvalue weighted by molar-refractivity contribution is 5.73. The maximum atomic E-state index is 12.0.